The monoisotopic (exact) mass is 388 g/mol. The standard InChI is InChI=1S/C12H12N4O3S4/c1-6-14-15-10(21-6)7-2-4-8(5-3-7)23(18,19)16-11-9(17)13-12(20)22-11/h2-6,10-11,16H,1H3,(H,13,17,20). The van der Waals surface area contributed by atoms with Crippen molar-refractivity contribution in [3.05, 3.63) is 29.8 Å². The molecule has 2 heterocycles. The summed E-state index contributed by atoms with van der Waals surface area (Å²) in [6.07, 6.45) is 0. The first kappa shape index (κ1) is 16.8. The van der Waals surface area contributed by atoms with Crippen LogP contribution < -0.4 is 10.0 Å². The predicted molar refractivity (Wildman–Crippen MR) is 93.5 cm³/mol. The smallest absolute Gasteiger partial charge is 0.254 e. The van der Waals surface area contributed by atoms with E-state index in [4.69, 9.17) is 12.2 Å². The van der Waals surface area contributed by atoms with Gasteiger partial charge in [0.05, 0.1) is 4.90 Å². The van der Waals surface area contributed by atoms with E-state index in [1.165, 1.54) is 12.1 Å². The van der Waals surface area contributed by atoms with Crippen LogP contribution in [0.1, 0.15) is 17.9 Å². The van der Waals surface area contributed by atoms with Crippen LogP contribution in [0.2, 0.25) is 0 Å². The molecule has 3 unspecified atom stereocenters. The van der Waals surface area contributed by atoms with E-state index in [9.17, 15) is 13.2 Å². The number of thioether (sulfide) groups is 2. The number of hydrogen-bond donors (Lipinski definition) is 2. The molecule has 0 saturated carbocycles. The fourth-order valence-electron chi connectivity index (χ4n) is 1.99. The van der Waals surface area contributed by atoms with Crippen molar-refractivity contribution >= 4 is 56.0 Å². The van der Waals surface area contributed by atoms with Gasteiger partial charge in [0, 0.05) is 0 Å². The first-order valence-electron chi connectivity index (χ1n) is 6.54. The molecule has 0 aromatic heterocycles. The molecule has 11 heteroatoms. The quantitative estimate of drug-likeness (QED) is 0.765. The van der Waals surface area contributed by atoms with Crippen LogP contribution in [0.4, 0.5) is 0 Å². The van der Waals surface area contributed by atoms with Gasteiger partial charge in [-0.1, -0.05) is 47.9 Å². The molecule has 3 atom stereocenters. The highest BCUT2D eigenvalue weighted by Crippen LogP contribution is 2.39. The first-order chi connectivity index (χ1) is 10.8. The van der Waals surface area contributed by atoms with Crippen LogP contribution >= 0.6 is 35.7 Å². The van der Waals surface area contributed by atoms with Crippen molar-refractivity contribution in [2.75, 3.05) is 0 Å². The zero-order valence-corrected chi connectivity index (χ0v) is 15.1. The Labute approximate surface area is 147 Å². The molecule has 1 amide bonds. The molecule has 1 aromatic rings. The fraction of sp³-hybridized carbons (Fsp3) is 0.333. The van der Waals surface area contributed by atoms with Crippen LogP contribution in [-0.4, -0.2) is 29.4 Å². The average Bonchev–Trinajstić information content (AvgIpc) is 3.05. The second-order valence-corrected chi connectivity index (χ2v) is 9.68. The maximum atomic E-state index is 12.3. The second-order valence-electron chi connectivity index (χ2n) is 4.78. The molecular weight excluding hydrogens is 376 g/mol. The van der Waals surface area contributed by atoms with Crippen molar-refractivity contribution in [2.24, 2.45) is 10.2 Å². The number of azo groups is 1. The Kier molecular flexibility index (Phi) is 4.74. The number of amides is 1. The molecule has 1 saturated heterocycles. The Balaban J connectivity index is 1.74. The molecule has 7 nitrogen and oxygen atoms in total. The molecule has 0 bridgehead atoms. The average molecular weight is 389 g/mol. The lowest BCUT2D eigenvalue weighted by molar-refractivity contribution is -0.118. The maximum absolute atomic E-state index is 12.3. The lowest BCUT2D eigenvalue weighted by atomic mass is 10.2. The van der Waals surface area contributed by atoms with Gasteiger partial charge in [-0.25, -0.2) is 8.42 Å². The number of nitrogens with one attached hydrogen (secondary N) is 2. The van der Waals surface area contributed by atoms with Crippen LogP contribution in [0.3, 0.4) is 0 Å². The Morgan fingerprint density at radius 3 is 2.48 bits per heavy atom. The summed E-state index contributed by atoms with van der Waals surface area (Å²) in [6.45, 7) is 1.95. The minimum Gasteiger partial charge on any atom is -0.309 e. The van der Waals surface area contributed by atoms with E-state index in [1.54, 1.807) is 23.9 Å². The Bertz CT molecular complexity index is 778. The van der Waals surface area contributed by atoms with Crippen molar-refractivity contribution in [3.63, 3.8) is 0 Å². The van der Waals surface area contributed by atoms with Crippen LogP contribution in [0.5, 0.6) is 0 Å². The van der Waals surface area contributed by atoms with Crippen molar-refractivity contribution < 1.29 is 13.2 Å². The van der Waals surface area contributed by atoms with E-state index in [-0.39, 0.29) is 20.0 Å². The second kappa shape index (κ2) is 6.48. The molecule has 0 aliphatic carbocycles. The van der Waals surface area contributed by atoms with Gasteiger partial charge in [-0.05, 0) is 24.6 Å². The van der Waals surface area contributed by atoms with E-state index < -0.39 is 21.3 Å². The molecule has 3 rings (SSSR count). The lowest BCUT2D eigenvalue weighted by Crippen LogP contribution is -2.38. The van der Waals surface area contributed by atoms with Gasteiger partial charge in [0.25, 0.3) is 5.91 Å². The van der Waals surface area contributed by atoms with E-state index in [0.717, 1.165) is 17.3 Å². The van der Waals surface area contributed by atoms with Crippen molar-refractivity contribution in [3.8, 4) is 0 Å². The molecule has 2 N–H and O–H groups in total. The number of sulfonamides is 1. The predicted octanol–water partition coefficient (Wildman–Crippen LogP) is 1.98. The van der Waals surface area contributed by atoms with Crippen LogP contribution in [-0.2, 0) is 14.8 Å². The Morgan fingerprint density at radius 2 is 1.96 bits per heavy atom. The number of hydrogen-bond acceptors (Lipinski definition) is 8. The van der Waals surface area contributed by atoms with Gasteiger partial charge in [-0.15, -0.1) is 0 Å². The van der Waals surface area contributed by atoms with Crippen LogP contribution in [0, 0.1) is 0 Å². The minimum absolute atomic E-state index is 0.0838. The zero-order chi connectivity index (χ0) is 16.6. The van der Waals surface area contributed by atoms with Crippen molar-refractivity contribution in [1.29, 1.82) is 0 Å². The van der Waals surface area contributed by atoms with Gasteiger partial charge in [-0.2, -0.15) is 15.0 Å². The van der Waals surface area contributed by atoms with Gasteiger partial charge in [0.15, 0.2) is 5.37 Å². The molecule has 1 fully saturated rings. The Morgan fingerprint density at radius 1 is 1.26 bits per heavy atom. The topological polar surface area (TPSA) is 100.0 Å². The van der Waals surface area contributed by atoms with Gasteiger partial charge in [0.2, 0.25) is 10.0 Å². The van der Waals surface area contributed by atoms with Crippen molar-refractivity contribution in [2.45, 2.75) is 27.9 Å². The number of nitrogens with zero attached hydrogens (tertiary/aromatic N) is 2. The largest absolute Gasteiger partial charge is 0.309 e. The first-order valence-corrected chi connectivity index (χ1v) is 10.3. The molecule has 23 heavy (non-hydrogen) atoms. The van der Waals surface area contributed by atoms with Crippen LogP contribution in [0.25, 0.3) is 0 Å². The highest BCUT2D eigenvalue weighted by molar-refractivity contribution is 8.24. The Hall–Kier alpha value is -1.01. The molecule has 1 aromatic carbocycles. The number of carbonyl (C=O) groups excluding carboxylic acids is 1. The lowest BCUT2D eigenvalue weighted by Gasteiger charge is -2.11. The third kappa shape index (κ3) is 3.74. The molecule has 0 radical (unpaired) electrons. The summed E-state index contributed by atoms with van der Waals surface area (Å²) in [5, 5.41) is 9.63. The molecule has 2 aliphatic rings. The number of thiocarbonyl (C=S) groups is 1. The summed E-state index contributed by atoms with van der Waals surface area (Å²) in [5.74, 6) is -0.461. The summed E-state index contributed by atoms with van der Waals surface area (Å²) in [6, 6.07) is 6.39. The highest BCUT2D eigenvalue weighted by Gasteiger charge is 2.33. The van der Waals surface area contributed by atoms with Gasteiger partial charge < -0.3 is 5.32 Å². The van der Waals surface area contributed by atoms with E-state index in [1.807, 2.05) is 6.92 Å². The third-order valence-corrected chi connectivity index (χ3v) is 7.06. The molecule has 122 valence electrons. The molecule has 2 aliphatic heterocycles. The van der Waals surface area contributed by atoms with E-state index >= 15 is 0 Å². The van der Waals surface area contributed by atoms with Crippen molar-refractivity contribution in [1.82, 2.24) is 10.0 Å². The van der Waals surface area contributed by atoms with E-state index in [2.05, 4.69) is 20.3 Å². The minimum atomic E-state index is -3.80. The van der Waals surface area contributed by atoms with Gasteiger partial charge in [0.1, 0.15) is 15.1 Å². The third-order valence-electron chi connectivity index (χ3n) is 3.09. The fourth-order valence-corrected chi connectivity index (χ4v) is 5.42. The summed E-state index contributed by atoms with van der Waals surface area (Å²) in [4.78, 5) is 11.7. The molecular formula is C12H12N4O3S4. The van der Waals surface area contributed by atoms with E-state index in [0.29, 0.717) is 0 Å². The summed E-state index contributed by atoms with van der Waals surface area (Å²) < 4.78 is 27.3. The zero-order valence-electron chi connectivity index (χ0n) is 11.8. The van der Waals surface area contributed by atoms with Gasteiger partial charge >= 0.3 is 0 Å². The normalized spacial score (nSPS) is 27.4. The SMILES string of the molecule is CC1N=NC(c2ccc(S(=O)(=O)NC3SC(=S)NC3=O)cc2)S1. The number of carbonyl (C=O) groups is 1. The number of benzene rings is 1. The maximum Gasteiger partial charge on any atom is 0.254 e. The summed E-state index contributed by atoms with van der Waals surface area (Å²) in [7, 11) is -3.80. The highest BCUT2D eigenvalue weighted by atomic mass is 32.2. The number of rotatable bonds is 4. The van der Waals surface area contributed by atoms with Crippen LogP contribution in [0.15, 0.2) is 39.4 Å². The summed E-state index contributed by atoms with van der Waals surface area (Å²) >= 11 is 7.40. The van der Waals surface area contributed by atoms with Gasteiger partial charge in [-0.3, -0.25) is 4.79 Å². The summed E-state index contributed by atoms with van der Waals surface area (Å²) in [5.41, 5.74) is 0.885. The molecule has 0 spiro atoms.